The second-order valence-electron chi connectivity index (χ2n) is 5.36. The minimum Gasteiger partial charge on any atom is -0.393 e. The Labute approximate surface area is 113 Å². The zero-order valence-electron chi connectivity index (χ0n) is 11.4. The van der Waals surface area contributed by atoms with E-state index in [-0.39, 0.29) is 23.5 Å². The fourth-order valence-corrected chi connectivity index (χ4v) is 3.38. The molecule has 1 saturated carbocycles. The third kappa shape index (κ3) is 2.86. The van der Waals surface area contributed by atoms with E-state index in [1.165, 1.54) is 10.9 Å². The Hall–Kier alpha value is -1.24. The van der Waals surface area contributed by atoms with Crippen LogP contribution in [0.3, 0.4) is 0 Å². The molecule has 1 fully saturated rings. The van der Waals surface area contributed by atoms with Gasteiger partial charge in [-0.3, -0.25) is 9.48 Å². The number of sulfone groups is 1. The zero-order chi connectivity index (χ0) is 14.2. The molecule has 6 nitrogen and oxygen atoms in total. The molecule has 0 aromatic carbocycles. The lowest BCUT2D eigenvalue weighted by atomic mass is 10.0. The van der Waals surface area contributed by atoms with Crippen molar-refractivity contribution >= 4 is 15.5 Å². The van der Waals surface area contributed by atoms with Crippen molar-refractivity contribution in [1.82, 2.24) is 9.36 Å². The van der Waals surface area contributed by atoms with Gasteiger partial charge in [0.2, 0.25) is 0 Å². The molecule has 1 aliphatic carbocycles. The minimum atomic E-state index is -3.09. The van der Waals surface area contributed by atoms with Crippen LogP contribution in [0.25, 0.3) is 0 Å². The number of nitrogens with zero attached hydrogens (tertiary/aromatic N) is 2. The summed E-state index contributed by atoms with van der Waals surface area (Å²) in [6, 6.07) is 0. The highest BCUT2D eigenvalue weighted by molar-refractivity contribution is 7.90. The smallest absolute Gasteiger partial charge is 0.290 e. The van der Waals surface area contributed by atoms with Crippen LogP contribution in [0.4, 0.5) is 5.69 Å². The van der Waals surface area contributed by atoms with Crippen LogP contribution < -0.4 is 11.3 Å². The molecule has 0 aliphatic heterocycles. The van der Waals surface area contributed by atoms with E-state index in [4.69, 9.17) is 5.73 Å². The summed E-state index contributed by atoms with van der Waals surface area (Å²) in [4.78, 5) is 12.1. The molecule has 1 aromatic heterocycles. The van der Waals surface area contributed by atoms with Crippen LogP contribution in [-0.2, 0) is 23.4 Å². The molecule has 1 aliphatic rings. The van der Waals surface area contributed by atoms with Crippen LogP contribution in [0.2, 0.25) is 0 Å². The van der Waals surface area contributed by atoms with Gasteiger partial charge in [0.15, 0.2) is 0 Å². The van der Waals surface area contributed by atoms with Crippen molar-refractivity contribution in [2.75, 3.05) is 17.7 Å². The van der Waals surface area contributed by atoms with Gasteiger partial charge >= 0.3 is 0 Å². The SMILES string of the molecule is Cn1c(C2CCCC2)c(N)c(=O)n1CCS(C)(=O)=O. The summed E-state index contributed by atoms with van der Waals surface area (Å²) in [5.74, 6) is 0.283. The van der Waals surface area contributed by atoms with Gasteiger partial charge in [-0.1, -0.05) is 12.8 Å². The minimum absolute atomic E-state index is 0.0473. The average molecular weight is 287 g/mol. The molecule has 0 atom stereocenters. The average Bonchev–Trinajstić information content (AvgIpc) is 2.86. The summed E-state index contributed by atoms with van der Waals surface area (Å²) in [6.07, 6.45) is 5.59. The maximum absolute atomic E-state index is 12.1. The lowest BCUT2D eigenvalue weighted by Gasteiger charge is -2.13. The van der Waals surface area contributed by atoms with E-state index in [1.54, 1.807) is 11.7 Å². The van der Waals surface area contributed by atoms with Gasteiger partial charge < -0.3 is 5.73 Å². The van der Waals surface area contributed by atoms with Crippen molar-refractivity contribution < 1.29 is 8.42 Å². The van der Waals surface area contributed by atoms with Crippen LogP contribution >= 0.6 is 0 Å². The van der Waals surface area contributed by atoms with E-state index in [1.807, 2.05) is 0 Å². The zero-order valence-corrected chi connectivity index (χ0v) is 12.2. The Morgan fingerprint density at radius 2 is 1.89 bits per heavy atom. The fourth-order valence-electron chi connectivity index (χ4n) is 2.88. The lowest BCUT2D eigenvalue weighted by molar-refractivity contribution is 0.483. The van der Waals surface area contributed by atoms with Gasteiger partial charge in [0.1, 0.15) is 15.5 Å². The Balaban J connectivity index is 2.35. The first-order valence-electron chi connectivity index (χ1n) is 6.54. The number of anilines is 1. The first kappa shape index (κ1) is 14.2. The Morgan fingerprint density at radius 3 is 2.42 bits per heavy atom. The summed E-state index contributed by atoms with van der Waals surface area (Å²) in [5, 5.41) is 0. The normalized spacial score (nSPS) is 17.2. The number of nitrogens with two attached hydrogens (primary N) is 1. The molecule has 108 valence electrons. The van der Waals surface area contributed by atoms with Crippen molar-refractivity contribution in [3.05, 3.63) is 16.0 Å². The first-order valence-corrected chi connectivity index (χ1v) is 8.60. The topological polar surface area (TPSA) is 87.1 Å². The Morgan fingerprint density at radius 1 is 1.32 bits per heavy atom. The van der Waals surface area contributed by atoms with Crippen LogP contribution in [0.15, 0.2) is 4.79 Å². The predicted molar refractivity (Wildman–Crippen MR) is 75.0 cm³/mol. The van der Waals surface area contributed by atoms with Crippen molar-refractivity contribution in [3.63, 3.8) is 0 Å². The van der Waals surface area contributed by atoms with Crippen LogP contribution in [0.1, 0.15) is 37.3 Å². The number of aromatic nitrogens is 2. The first-order chi connectivity index (χ1) is 8.81. The molecule has 2 rings (SSSR count). The Bertz CT molecular complexity index is 621. The van der Waals surface area contributed by atoms with Crippen molar-refractivity contribution in [2.24, 2.45) is 7.05 Å². The quantitative estimate of drug-likeness (QED) is 0.872. The van der Waals surface area contributed by atoms with Gasteiger partial charge in [-0.2, -0.15) is 0 Å². The third-order valence-electron chi connectivity index (χ3n) is 3.87. The van der Waals surface area contributed by atoms with E-state index >= 15 is 0 Å². The summed E-state index contributed by atoms with van der Waals surface area (Å²) in [7, 11) is -1.31. The molecule has 0 unspecified atom stereocenters. The molecule has 19 heavy (non-hydrogen) atoms. The predicted octanol–water partition coefficient (Wildman–Crippen LogP) is 0.471. The summed E-state index contributed by atoms with van der Waals surface area (Å²) < 4.78 is 25.6. The highest BCUT2D eigenvalue weighted by Crippen LogP contribution is 2.35. The molecule has 0 amide bonds. The van der Waals surface area contributed by atoms with E-state index < -0.39 is 9.84 Å². The maximum Gasteiger partial charge on any atom is 0.290 e. The Kier molecular flexibility index (Phi) is 3.75. The second kappa shape index (κ2) is 5.03. The molecule has 0 bridgehead atoms. The molecular formula is C12H21N3O3S. The van der Waals surface area contributed by atoms with Gasteiger partial charge in [0, 0.05) is 19.2 Å². The van der Waals surface area contributed by atoms with Gasteiger partial charge in [0.25, 0.3) is 5.56 Å². The summed E-state index contributed by atoms with van der Waals surface area (Å²) >= 11 is 0. The summed E-state index contributed by atoms with van der Waals surface area (Å²) in [6.45, 7) is 0.158. The number of nitrogen functional groups attached to an aromatic ring is 1. The number of hydrogen-bond donors (Lipinski definition) is 1. The molecule has 7 heteroatoms. The molecule has 1 aromatic rings. The highest BCUT2D eigenvalue weighted by atomic mass is 32.2. The third-order valence-corrected chi connectivity index (χ3v) is 4.79. The molecule has 0 spiro atoms. The van der Waals surface area contributed by atoms with Crippen LogP contribution in [0.5, 0.6) is 0 Å². The van der Waals surface area contributed by atoms with Crippen molar-refractivity contribution in [3.8, 4) is 0 Å². The van der Waals surface area contributed by atoms with Crippen LogP contribution in [-0.4, -0.2) is 29.8 Å². The molecular weight excluding hydrogens is 266 g/mol. The van der Waals surface area contributed by atoms with Crippen LogP contribution in [0, 0.1) is 0 Å². The number of hydrogen-bond acceptors (Lipinski definition) is 4. The van der Waals surface area contributed by atoms with Crippen molar-refractivity contribution in [2.45, 2.75) is 38.1 Å². The van der Waals surface area contributed by atoms with Gasteiger partial charge in [-0.25, -0.2) is 13.1 Å². The van der Waals surface area contributed by atoms with Gasteiger partial charge in [-0.15, -0.1) is 0 Å². The molecule has 0 saturated heterocycles. The monoisotopic (exact) mass is 287 g/mol. The standard InChI is InChI=1S/C12H21N3O3S/c1-14-11(9-5-3-4-6-9)10(13)12(16)15(14)7-8-19(2,17)18/h9H,3-8,13H2,1-2H3. The van der Waals surface area contributed by atoms with Gasteiger partial charge in [0.05, 0.1) is 18.0 Å². The maximum atomic E-state index is 12.1. The molecule has 1 heterocycles. The second-order valence-corrected chi connectivity index (χ2v) is 7.62. The number of rotatable bonds is 4. The van der Waals surface area contributed by atoms with E-state index in [2.05, 4.69) is 0 Å². The van der Waals surface area contributed by atoms with Crippen molar-refractivity contribution in [1.29, 1.82) is 0 Å². The van der Waals surface area contributed by atoms with E-state index in [0.29, 0.717) is 5.92 Å². The molecule has 2 N–H and O–H groups in total. The van der Waals surface area contributed by atoms with E-state index in [9.17, 15) is 13.2 Å². The van der Waals surface area contributed by atoms with Gasteiger partial charge in [-0.05, 0) is 12.8 Å². The largest absolute Gasteiger partial charge is 0.393 e. The summed E-state index contributed by atoms with van der Waals surface area (Å²) in [5.41, 5.74) is 6.80. The highest BCUT2D eigenvalue weighted by Gasteiger charge is 2.26. The molecule has 0 radical (unpaired) electrons. The lowest BCUT2D eigenvalue weighted by Crippen LogP contribution is -2.26. The van der Waals surface area contributed by atoms with E-state index in [0.717, 1.165) is 31.4 Å². The fraction of sp³-hybridized carbons (Fsp3) is 0.750.